The van der Waals surface area contributed by atoms with Crippen molar-refractivity contribution in [3.63, 3.8) is 0 Å². The van der Waals surface area contributed by atoms with Gasteiger partial charge in [-0.15, -0.1) is 0 Å². The van der Waals surface area contributed by atoms with Crippen LogP contribution in [0.15, 0.2) is 41.5 Å². The zero-order chi connectivity index (χ0) is 13.0. The molecule has 0 fully saturated rings. The molecular weight excluding hydrogens is 228 g/mol. The first-order valence-corrected chi connectivity index (χ1v) is 5.44. The number of benzene rings is 1. The number of rotatable bonds is 3. The average Bonchev–Trinajstić information content (AvgIpc) is 2.39. The van der Waals surface area contributed by atoms with E-state index in [1.807, 2.05) is 12.1 Å². The van der Waals surface area contributed by atoms with Gasteiger partial charge in [0.05, 0.1) is 11.6 Å². The van der Waals surface area contributed by atoms with Gasteiger partial charge in [0.15, 0.2) is 5.82 Å². The molecule has 90 valence electrons. The second-order valence-electron chi connectivity index (χ2n) is 3.91. The minimum Gasteiger partial charge on any atom is -0.351 e. The molecular formula is C13H12N4O. The second kappa shape index (κ2) is 5.15. The predicted molar refractivity (Wildman–Crippen MR) is 68.1 cm³/mol. The molecule has 0 atom stereocenters. The minimum atomic E-state index is -0.226. The SMILES string of the molecule is CN(Cc1cccc(C#N)c1)c1ncc[nH]c1=O. The first kappa shape index (κ1) is 11.9. The van der Waals surface area contributed by atoms with Crippen molar-refractivity contribution in [3.8, 4) is 6.07 Å². The van der Waals surface area contributed by atoms with E-state index in [1.54, 1.807) is 30.3 Å². The van der Waals surface area contributed by atoms with E-state index in [2.05, 4.69) is 16.0 Å². The third kappa shape index (κ3) is 2.55. The maximum atomic E-state index is 11.6. The average molecular weight is 240 g/mol. The van der Waals surface area contributed by atoms with Gasteiger partial charge in [-0.2, -0.15) is 5.26 Å². The molecule has 0 aliphatic carbocycles. The summed E-state index contributed by atoms with van der Waals surface area (Å²) < 4.78 is 0. The van der Waals surface area contributed by atoms with Gasteiger partial charge in [0, 0.05) is 26.0 Å². The Kier molecular flexibility index (Phi) is 3.39. The number of anilines is 1. The molecule has 5 nitrogen and oxygen atoms in total. The predicted octanol–water partition coefficient (Wildman–Crippen LogP) is 1.28. The molecule has 0 spiro atoms. The number of aromatic nitrogens is 2. The second-order valence-corrected chi connectivity index (χ2v) is 3.91. The fraction of sp³-hybridized carbons (Fsp3) is 0.154. The van der Waals surface area contributed by atoms with Crippen molar-refractivity contribution < 1.29 is 0 Å². The summed E-state index contributed by atoms with van der Waals surface area (Å²) in [6, 6.07) is 9.37. The first-order valence-electron chi connectivity index (χ1n) is 5.44. The van der Waals surface area contributed by atoms with Crippen LogP contribution in [-0.2, 0) is 6.54 Å². The van der Waals surface area contributed by atoms with E-state index >= 15 is 0 Å². The summed E-state index contributed by atoms with van der Waals surface area (Å²) in [6.45, 7) is 0.523. The zero-order valence-corrected chi connectivity index (χ0v) is 9.92. The van der Waals surface area contributed by atoms with Crippen molar-refractivity contribution in [1.29, 1.82) is 5.26 Å². The van der Waals surface area contributed by atoms with Crippen molar-refractivity contribution in [2.45, 2.75) is 6.54 Å². The van der Waals surface area contributed by atoms with Crippen LogP contribution in [0.2, 0.25) is 0 Å². The molecule has 0 saturated carbocycles. The summed E-state index contributed by atoms with van der Waals surface area (Å²) in [7, 11) is 1.79. The summed E-state index contributed by atoms with van der Waals surface area (Å²) in [4.78, 5) is 19.9. The Hall–Kier alpha value is -2.61. The lowest BCUT2D eigenvalue weighted by molar-refractivity contribution is 0.878. The number of aromatic amines is 1. The Bertz CT molecular complexity index is 642. The summed E-state index contributed by atoms with van der Waals surface area (Å²) in [5, 5.41) is 8.83. The van der Waals surface area contributed by atoms with Gasteiger partial charge >= 0.3 is 0 Å². The molecule has 1 aromatic heterocycles. The van der Waals surface area contributed by atoms with Gasteiger partial charge in [-0.1, -0.05) is 12.1 Å². The van der Waals surface area contributed by atoms with Crippen LogP contribution < -0.4 is 10.5 Å². The molecule has 0 aliphatic heterocycles. The topological polar surface area (TPSA) is 72.8 Å². The van der Waals surface area contributed by atoms with Crippen LogP contribution in [0, 0.1) is 11.3 Å². The van der Waals surface area contributed by atoms with Crippen LogP contribution in [-0.4, -0.2) is 17.0 Å². The highest BCUT2D eigenvalue weighted by atomic mass is 16.1. The van der Waals surface area contributed by atoms with Crippen molar-refractivity contribution in [2.24, 2.45) is 0 Å². The standard InChI is InChI=1S/C13H12N4O/c1-17(12-13(18)16-6-5-15-12)9-11-4-2-3-10(7-11)8-14/h2-7H,9H2,1H3,(H,16,18). The lowest BCUT2D eigenvalue weighted by Gasteiger charge is -2.16. The fourth-order valence-electron chi connectivity index (χ4n) is 1.70. The summed E-state index contributed by atoms with van der Waals surface area (Å²) in [5.41, 5.74) is 1.34. The molecule has 0 saturated heterocycles. The zero-order valence-electron chi connectivity index (χ0n) is 9.92. The van der Waals surface area contributed by atoms with Gasteiger partial charge < -0.3 is 9.88 Å². The van der Waals surface area contributed by atoms with E-state index in [4.69, 9.17) is 5.26 Å². The van der Waals surface area contributed by atoms with E-state index in [1.165, 1.54) is 6.20 Å². The maximum absolute atomic E-state index is 11.6. The Balaban J connectivity index is 2.22. The van der Waals surface area contributed by atoms with E-state index in [-0.39, 0.29) is 5.56 Å². The molecule has 0 aliphatic rings. The maximum Gasteiger partial charge on any atom is 0.290 e. The van der Waals surface area contributed by atoms with Crippen LogP contribution in [0.25, 0.3) is 0 Å². The van der Waals surface area contributed by atoms with Crippen molar-refractivity contribution in [2.75, 3.05) is 11.9 Å². The number of H-pyrrole nitrogens is 1. The molecule has 0 bridgehead atoms. The first-order chi connectivity index (χ1) is 8.70. The molecule has 5 heteroatoms. The minimum absolute atomic E-state index is 0.226. The number of nitrogens with one attached hydrogen (secondary N) is 1. The monoisotopic (exact) mass is 240 g/mol. The summed E-state index contributed by atoms with van der Waals surface area (Å²) in [6.07, 6.45) is 3.04. The summed E-state index contributed by atoms with van der Waals surface area (Å²) in [5.74, 6) is 0.361. The summed E-state index contributed by atoms with van der Waals surface area (Å²) >= 11 is 0. The van der Waals surface area contributed by atoms with Gasteiger partial charge in [-0.05, 0) is 17.7 Å². The van der Waals surface area contributed by atoms with Gasteiger partial charge in [0.1, 0.15) is 0 Å². The van der Waals surface area contributed by atoms with E-state index in [9.17, 15) is 4.79 Å². The Morgan fingerprint density at radius 2 is 2.33 bits per heavy atom. The van der Waals surface area contributed by atoms with Gasteiger partial charge in [0.25, 0.3) is 5.56 Å². The molecule has 1 aromatic carbocycles. The fourth-order valence-corrected chi connectivity index (χ4v) is 1.70. The molecule has 0 radical (unpaired) electrons. The molecule has 1 N–H and O–H groups in total. The van der Waals surface area contributed by atoms with Gasteiger partial charge in [-0.3, -0.25) is 4.79 Å². The highest BCUT2D eigenvalue weighted by molar-refractivity contribution is 5.38. The Labute approximate surface area is 104 Å². The number of nitrogens with zero attached hydrogens (tertiary/aromatic N) is 3. The Morgan fingerprint density at radius 3 is 3.06 bits per heavy atom. The third-order valence-electron chi connectivity index (χ3n) is 2.53. The van der Waals surface area contributed by atoms with Crippen LogP contribution in [0.5, 0.6) is 0 Å². The van der Waals surface area contributed by atoms with Crippen LogP contribution >= 0.6 is 0 Å². The smallest absolute Gasteiger partial charge is 0.290 e. The lowest BCUT2D eigenvalue weighted by atomic mass is 10.1. The molecule has 18 heavy (non-hydrogen) atoms. The number of hydrogen-bond donors (Lipinski definition) is 1. The molecule has 2 rings (SSSR count). The lowest BCUT2D eigenvalue weighted by Crippen LogP contribution is -2.25. The highest BCUT2D eigenvalue weighted by Crippen LogP contribution is 2.09. The van der Waals surface area contributed by atoms with E-state index in [0.29, 0.717) is 17.9 Å². The van der Waals surface area contributed by atoms with Crippen molar-refractivity contribution in [3.05, 3.63) is 58.1 Å². The molecule has 0 unspecified atom stereocenters. The van der Waals surface area contributed by atoms with Crippen LogP contribution in [0.1, 0.15) is 11.1 Å². The van der Waals surface area contributed by atoms with Crippen LogP contribution in [0.4, 0.5) is 5.82 Å². The van der Waals surface area contributed by atoms with E-state index in [0.717, 1.165) is 5.56 Å². The van der Waals surface area contributed by atoms with Gasteiger partial charge in [-0.25, -0.2) is 4.98 Å². The molecule has 0 amide bonds. The van der Waals surface area contributed by atoms with Crippen LogP contribution in [0.3, 0.4) is 0 Å². The van der Waals surface area contributed by atoms with Crippen molar-refractivity contribution in [1.82, 2.24) is 9.97 Å². The van der Waals surface area contributed by atoms with Crippen molar-refractivity contribution >= 4 is 5.82 Å². The largest absolute Gasteiger partial charge is 0.351 e. The molecule has 2 aromatic rings. The third-order valence-corrected chi connectivity index (χ3v) is 2.53. The quantitative estimate of drug-likeness (QED) is 0.877. The number of nitriles is 1. The molecule has 1 heterocycles. The number of hydrogen-bond acceptors (Lipinski definition) is 4. The Morgan fingerprint density at radius 1 is 1.50 bits per heavy atom. The van der Waals surface area contributed by atoms with Gasteiger partial charge in [0.2, 0.25) is 0 Å². The highest BCUT2D eigenvalue weighted by Gasteiger charge is 2.07. The van der Waals surface area contributed by atoms with E-state index < -0.39 is 0 Å². The normalized spacial score (nSPS) is 9.78.